The Morgan fingerprint density at radius 2 is 2.21 bits per heavy atom. The van der Waals surface area contributed by atoms with Gasteiger partial charge in [-0.2, -0.15) is 0 Å². The second-order valence-electron chi connectivity index (χ2n) is 4.04. The van der Waals surface area contributed by atoms with Gasteiger partial charge in [0.2, 0.25) is 0 Å². The SMILES string of the molecule is C[C@@]1(CO)COc2ccccc2[C@@H]1O. The van der Waals surface area contributed by atoms with Crippen molar-refractivity contribution in [2.75, 3.05) is 13.2 Å². The molecule has 0 saturated carbocycles. The summed E-state index contributed by atoms with van der Waals surface area (Å²) in [5.74, 6) is 0.714. The average Bonchev–Trinajstić information content (AvgIpc) is 2.24. The largest absolute Gasteiger partial charge is 0.492 e. The van der Waals surface area contributed by atoms with E-state index in [9.17, 15) is 10.2 Å². The molecular formula is C11H14O3. The molecule has 0 aliphatic carbocycles. The van der Waals surface area contributed by atoms with Crippen LogP contribution in [0.15, 0.2) is 24.3 Å². The number of fused-ring (bicyclic) bond motifs is 1. The first-order chi connectivity index (χ1) is 6.67. The van der Waals surface area contributed by atoms with Crippen molar-refractivity contribution in [1.29, 1.82) is 0 Å². The van der Waals surface area contributed by atoms with Gasteiger partial charge in [-0.1, -0.05) is 25.1 Å². The number of hydrogen-bond acceptors (Lipinski definition) is 3. The quantitative estimate of drug-likeness (QED) is 0.704. The lowest BCUT2D eigenvalue weighted by Crippen LogP contribution is -2.39. The van der Waals surface area contributed by atoms with Gasteiger partial charge < -0.3 is 14.9 Å². The van der Waals surface area contributed by atoms with Crippen LogP contribution in [0, 0.1) is 5.41 Å². The third-order valence-corrected chi connectivity index (χ3v) is 2.79. The molecule has 0 saturated heterocycles. The molecule has 76 valence electrons. The molecule has 1 aliphatic rings. The Morgan fingerprint density at radius 3 is 2.93 bits per heavy atom. The fourth-order valence-electron chi connectivity index (χ4n) is 1.67. The minimum absolute atomic E-state index is 0.0809. The lowest BCUT2D eigenvalue weighted by atomic mass is 9.80. The standard InChI is InChI=1S/C11H14O3/c1-11(6-12)7-14-9-5-3-2-4-8(9)10(11)13/h2-5,10,12-13H,6-7H2,1H3/t10-,11+/m0/s1. The molecule has 2 rings (SSSR count). The minimum Gasteiger partial charge on any atom is -0.492 e. The van der Waals surface area contributed by atoms with Gasteiger partial charge in [-0.25, -0.2) is 0 Å². The van der Waals surface area contributed by atoms with Crippen molar-refractivity contribution >= 4 is 0 Å². The van der Waals surface area contributed by atoms with Gasteiger partial charge in [0, 0.05) is 5.56 Å². The molecule has 0 amide bonds. The van der Waals surface area contributed by atoms with Crippen LogP contribution in [0.1, 0.15) is 18.6 Å². The van der Waals surface area contributed by atoms with Crippen molar-refractivity contribution in [3.63, 3.8) is 0 Å². The van der Waals surface area contributed by atoms with Crippen LogP contribution in [0.3, 0.4) is 0 Å². The molecule has 1 aromatic carbocycles. The summed E-state index contributed by atoms with van der Waals surface area (Å²) in [4.78, 5) is 0. The summed E-state index contributed by atoms with van der Waals surface area (Å²) in [5, 5.41) is 19.2. The number of ether oxygens (including phenoxy) is 1. The van der Waals surface area contributed by atoms with Crippen LogP contribution >= 0.6 is 0 Å². The van der Waals surface area contributed by atoms with Crippen LogP contribution in [-0.2, 0) is 0 Å². The second kappa shape index (κ2) is 3.26. The number of hydrogen-bond donors (Lipinski definition) is 2. The lowest BCUT2D eigenvalue weighted by molar-refractivity contribution is -0.0526. The smallest absolute Gasteiger partial charge is 0.125 e. The van der Waals surface area contributed by atoms with Gasteiger partial charge in [0.1, 0.15) is 5.75 Å². The molecule has 0 fully saturated rings. The maximum absolute atomic E-state index is 10.0. The van der Waals surface area contributed by atoms with Crippen LogP contribution in [0.2, 0.25) is 0 Å². The Kier molecular flexibility index (Phi) is 2.21. The number of aliphatic hydroxyl groups is 2. The summed E-state index contributed by atoms with van der Waals surface area (Å²) in [6, 6.07) is 7.38. The molecule has 3 nitrogen and oxygen atoms in total. The molecular weight excluding hydrogens is 180 g/mol. The molecule has 0 radical (unpaired) electrons. The number of para-hydroxylation sites is 1. The normalized spacial score (nSPS) is 30.6. The molecule has 0 spiro atoms. The maximum Gasteiger partial charge on any atom is 0.125 e. The number of rotatable bonds is 1. The van der Waals surface area contributed by atoms with E-state index in [1.165, 1.54) is 0 Å². The van der Waals surface area contributed by atoms with E-state index in [1.54, 1.807) is 0 Å². The molecule has 2 atom stereocenters. The molecule has 0 bridgehead atoms. The van der Waals surface area contributed by atoms with Gasteiger partial charge in [0.15, 0.2) is 0 Å². The molecule has 0 aromatic heterocycles. The first-order valence-corrected chi connectivity index (χ1v) is 4.68. The van der Waals surface area contributed by atoms with Crippen molar-refractivity contribution in [3.8, 4) is 5.75 Å². The summed E-state index contributed by atoms with van der Waals surface area (Å²) in [6.45, 7) is 2.08. The van der Waals surface area contributed by atoms with Crippen molar-refractivity contribution in [2.45, 2.75) is 13.0 Å². The molecule has 2 N–H and O–H groups in total. The van der Waals surface area contributed by atoms with Crippen molar-refractivity contribution in [3.05, 3.63) is 29.8 Å². The van der Waals surface area contributed by atoms with Gasteiger partial charge in [-0.15, -0.1) is 0 Å². The van der Waals surface area contributed by atoms with E-state index < -0.39 is 11.5 Å². The third-order valence-electron chi connectivity index (χ3n) is 2.79. The average molecular weight is 194 g/mol. The zero-order valence-corrected chi connectivity index (χ0v) is 8.10. The van der Waals surface area contributed by atoms with Gasteiger partial charge in [-0.05, 0) is 6.07 Å². The van der Waals surface area contributed by atoms with Gasteiger partial charge in [-0.3, -0.25) is 0 Å². The molecule has 0 unspecified atom stereocenters. The second-order valence-corrected chi connectivity index (χ2v) is 4.04. The zero-order chi connectivity index (χ0) is 10.2. The molecule has 1 heterocycles. The summed E-state index contributed by atoms with van der Waals surface area (Å²) < 4.78 is 5.48. The Hall–Kier alpha value is -1.06. The fraction of sp³-hybridized carbons (Fsp3) is 0.455. The van der Waals surface area contributed by atoms with Gasteiger partial charge in [0.25, 0.3) is 0 Å². The molecule has 1 aromatic rings. The van der Waals surface area contributed by atoms with Crippen LogP contribution in [0.4, 0.5) is 0 Å². The highest BCUT2D eigenvalue weighted by atomic mass is 16.5. The Morgan fingerprint density at radius 1 is 1.50 bits per heavy atom. The minimum atomic E-state index is -0.655. The Bertz CT molecular complexity index is 337. The summed E-state index contributed by atoms with van der Waals surface area (Å²) >= 11 is 0. The summed E-state index contributed by atoms with van der Waals surface area (Å²) in [5.41, 5.74) is 0.171. The van der Waals surface area contributed by atoms with Gasteiger partial charge in [0.05, 0.1) is 24.7 Å². The predicted molar refractivity (Wildman–Crippen MR) is 52.1 cm³/mol. The topological polar surface area (TPSA) is 49.7 Å². The maximum atomic E-state index is 10.0. The van der Waals surface area contributed by atoms with Crippen molar-refractivity contribution in [1.82, 2.24) is 0 Å². The highest BCUT2D eigenvalue weighted by Crippen LogP contribution is 2.42. The highest BCUT2D eigenvalue weighted by molar-refractivity contribution is 5.38. The van der Waals surface area contributed by atoms with E-state index in [0.29, 0.717) is 12.4 Å². The fourth-order valence-corrected chi connectivity index (χ4v) is 1.67. The van der Waals surface area contributed by atoms with E-state index in [-0.39, 0.29) is 6.61 Å². The van der Waals surface area contributed by atoms with Crippen LogP contribution in [0.5, 0.6) is 5.75 Å². The van der Waals surface area contributed by atoms with Crippen LogP contribution < -0.4 is 4.74 Å². The first-order valence-electron chi connectivity index (χ1n) is 4.68. The van der Waals surface area contributed by atoms with Crippen LogP contribution in [0.25, 0.3) is 0 Å². The molecule has 1 aliphatic heterocycles. The van der Waals surface area contributed by atoms with Crippen molar-refractivity contribution in [2.24, 2.45) is 5.41 Å². The monoisotopic (exact) mass is 194 g/mol. The van der Waals surface area contributed by atoms with E-state index in [1.807, 2.05) is 31.2 Å². The van der Waals surface area contributed by atoms with Gasteiger partial charge >= 0.3 is 0 Å². The molecule has 3 heteroatoms. The third kappa shape index (κ3) is 1.29. The lowest BCUT2D eigenvalue weighted by Gasteiger charge is -2.37. The van der Waals surface area contributed by atoms with E-state index >= 15 is 0 Å². The van der Waals surface area contributed by atoms with E-state index in [0.717, 1.165) is 5.56 Å². The zero-order valence-electron chi connectivity index (χ0n) is 8.10. The Balaban J connectivity index is 2.41. The summed E-state index contributed by atoms with van der Waals surface area (Å²) in [7, 11) is 0. The van der Waals surface area contributed by atoms with E-state index in [2.05, 4.69) is 0 Å². The Labute approximate surface area is 83.0 Å². The van der Waals surface area contributed by atoms with Crippen molar-refractivity contribution < 1.29 is 14.9 Å². The predicted octanol–water partition coefficient (Wildman–Crippen LogP) is 1.11. The summed E-state index contributed by atoms with van der Waals surface area (Å²) in [6.07, 6.45) is -0.655. The van der Waals surface area contributed by atoms with Crippen LogP contribution in [-0.4, -0.2) is 23.4 Å². The number of benzene rings is 1. The van der Waals surface area contributed by atoms with E-state index in [4.69, 9.17) is 4.74 Å². The number of aliphatic hydroxyl groups excluding tert-OH is 2. The first kappa shape index (κ1) is 9.49. The highest BCUT2D eigenvalue weighted by Gasteiger charge is 2.39. The molecule has 14 heavy (non-hydrogen) atoms.